The molecule has 0 amide bonds. The Kier molecular flexibility index (Phi) is 29.8. The van der Waals surface area contributed by atoms with Crippen molar-refractivity contribution in [3.8, 4) is 0 Å². The van der Waals surface area contributed by atoms with Crippen LogP contribution in [0, 0.1) is 95.3 Å². The summed E-state index contributed by atoms with van der Waals surface area (Å²) in [7, 11) is -4.54. The molecule has 0 aromatic carbocycles. The van der Waals surface area contributed by atoms with E-state index in [-0.39, 0.29) is 86.9 Å². The molecule has 0 aromatic rings. The Morgan fingerprint density at radius 3 is 0.477 bits per heavy atom. The molecule has 15 nitrogen and oxygen atoms in total. The van der Waals surface area contributed by atoms with Crippen LogP contribution in [0.4, 0.5) is 0 Å². The van der Waals surface area contributed by atoms with Gasteiger partial charge in [-0.25, -0.2) is 0 Å². The quantitative estimate of drug-likeness (QED) is 0.137. The van der Waals surface area contributed by atoms with E-state index in [0.717, 1.165) is 0 Å². The third-order valence-electron chi connectivity index (χ3n) is 5.67. The zero-order valence-corrected chi connectivity index (χ0v) is 34.5. The third kappa shape index (κ3) is 23.9. The van der Waals surface area contributed by atoms with Crippen molar-refractivity contribution in [1.29, 1.82) is 0 Å². The normalized spacial score (nSPS) is 12.1. The van der Waals surface area contributed by atoms with Crippen LogP contribution in [0.25, 0.3) is 0 Å². The molecule has 0 aromatic heterocycles. The molecule has 0 saturated carbocycles. The maximum Gasteiger partial charge on any atom is 3.00 e. The van der Waals surface area contributed by atoms with Crippen molar-refractivity contribution in [2.45, 2.75) is 162 Å². The molecule has 0 unspecified atom stereocenters. The Balaban J connectivity index is -0.0000000844. The van der Waals surface area contributed by atoms with Crippen molar-refractivity contribution in [2.24, 2.45) is 0 Å². The van der Waals surface area contributed by atoms with Crippen molar-refractivity contribution >= 4 is 14.3 Å². The average molecular weight is 821 g/mol. The van der Waals surface area contributed by atoms with Crippen molar-refractivity contribution in [3.63, 3.8) is 0 Å². The molecule has 0 aliphatic carbocycles. The van der Waals surface area contributed by atoms with Gasteiger partial charge < -0.3 is 60.2 Å². The van der Waals surface area contributed by atoms with E-state index < -0.39 is 29.5 Å². The van der Waals surface area contributed by atoms with Gasteiger partial charge >= 0.3 is 49.4 Å². The number of aliphatic hydroxyl groups is 1. The van der Waals surface area contributed by atoms with Gasteiger partial charge in [0.05, 0.1) is 15.3 Å². The summed E-state index contributed by atoms with van der Waals surface area (Å²) in [5.41, 5.74) is 0. The molecule has 0 spiro atoms. The van der Waals surface area contributed by atoms with Crippen LogP contribution in [0.15, 0.2) is 0 Å². The molecule has 268 valence electrons. The van der Waals surface area contributed by atoms with Gasteiger partial charge in [-0.05, 0) is 6.92 Å². The number of aliphatic hydroxyl groups excluding tert-OH is 1. The molecule has 1 N–H and O–H groups in total. The first-order valence-electron chi connectivity index (χ1n) is 13.4. The minimum absolute atomic E-state index is 0. The zero-order chi connectivity index (χ0) is 37.4. The maximum atomic E-state index is 13.3. The molecule has 0 aliphatic heterocycles. The smallest absolute Gasteiger partial charge is 0.397 e. The number of hydrogen-bond donors (Lipinski definition) is 1. The summed E-state index contributed by atoms with van der Waals surface area (Å²) in [6.45, 7) is 39.8. The van der Waals surface area contributed by atoms with E-state index in [4.69, 9.17) is 51.1 Å². The van der Waals surface area contributed by atoms with Gasteiger partial charge in [0.15, 0.2) is 0 Å². The second kappa shape index (κ2) is 22.2. The zero-order valence-electron chi connectivity index (χ0n) is 30.3. The van der Waals surface area contributed by atoms with Crippen LogP contribution in [-0.2, 0) is 9.13 Å². The molecule has 0 rings (SSSR count). The molecule has 18 heteroatoms. The number of nitrogens with zero attached hydrogens (tertiary/aromatic N) is 3. The van der Waals surface area contributed by atoms with E-state index in [1.165, 1.54) is 0 Å². The van der Waals surface area contributed by atoms with Crippen LogP contribution in [0.3, 0.4) is 0 Å². The molecule has 0 bridgehead atoms. The second-order valence-corrected chi connectivity index (χ2v) is 25.7. The fourth-order valence-electron chi connectivity index (χ4n) is 6.04. The SMILES string of the molecule is CC(C)(C)P(=O)(C(C)(C)C)C(C)(C)C.CC(C)(C)P(=O)(C(C)(C)C)C(C)(C)C.CCO.O=[N+]([O-])[O-].O=[N+]([O-])[O-].O=[N+]([O-])[O-].[Eu+3]. The fourth-order valence-corrected chi connectivity index (χ4v) is 18.1. The maximum absolute atomic E-state index is 13.3. The molecule has 0 radical (unpaired) electrons. The molecule has 0 fully saturated rings. The van der Waals surface area contributed by atoms with Crippen molar-refractivity contribution < 1.29 is 78.9 Å². The van der Waals surface area contributed by atoms with Crippen molar-refractivity contribution in [1.82, 2.24) is 0 Å². The standard InChI is InChI=1S/2C12H27OP.C2H6O.Eu.3NO3/c2*1-10(2,3)14(13,11(4,5)6)12(7,8)9;1-2-3;;3*2-1(3)4/h2*1-9H3;3H,2H2,1H3;;;;/q;;;+3;3*-1. The van der Waals surface area contributed by atoms with E-state index >= 15 is 0 Å². The Hall–Kier alpha value is -0.396. The minimum atomic E-state index is -2.27. The molecule has 0 atom stereocenters. The Morgan fingerprint density at radius 1 is 0.432 bits per heavy atom. The van der Waals surface area contributed by atoms with Gasteiger partial charge in [0.25, 0.3) is 0 Å². The van der Waals surface area contributed by atoms with Gasteiger partial charge in [-0.15, -0.1) is 0 Å². The largest absolute Gasteiger partial charge is 3.00 e. The van der Waals surface area contributed by atoms with Crippen molar-refractivity contribution in [3.05, 3.63) is 46.0 Å². The van der Waals surface area contributed by atoms with E-state index in [1.807, 2.05) is 0 Å². The molecule has 0 saturated heterocycles. The van der Waals surface area contributed by atoms with E-state index in [0.29, 0.717) is 0 Å². The van der Waals surface area contributed by atoms with Crippen molar-refractivity contribution in [2.75, 3.05) is 6.61 Å². The van der Waals surface area contributed by atoms with Crippen LogP contribution < -0.4 is 0 Å². The van der Waals surface area contributed by atoms with Gasteiger partial charge in [0, 0.05) is 37.5 Å². The minimum Gasteiger partial charge on any atom is -0.397 e. The molecular formula is C26H60EuN3O12P2. The predicted octanol–water partition coefficient (Wildman–Crippen LogP) is 8.77. The van der Waals surface area contributed by atoms with Crippen LogP contribution in [0.1, 0.15) is 132 Å². The summed E-state index contributed by atoms with van der Waals surface area (Å²) in [6.07, 6.45) is 0. The van der Waals surface area contributed by atoms with Crippen LogP contribution in [-0.4, -0.2) is 57.9 Å². The Morgan fingerprint density at radius 2 is 0.477 bits per heavy atom. The topological polar surface area (TPSA) is 253 Å². The first-order valence-corrected chi connectivity index (χ1v) is 16.8. The van der Waals surface area contributed by atoms with Crippen LogP contribution in [0.5, 0.6) is 0 Å². The van der Waals surface area contributed by atoms with Crippen LogP contribution >= 0.6 is 14.3 Å². The fraction of sp³-hybridized carbons (Fsp3) is 1.00. The molecule has 0 aliphatic rings. The van der Waals surface area contributed by atoms with Gasteiger partial charge in [-0.1, -0.05) is 125 Å². The number of hydrogen-bond acceptors (Lipinski definition) is 12. The van der Waals surface area contributed by atoms with E-state index in [9.17, 15) is 9.13 Å². The summed E-state index contributed by atoms with van der Waals surface area (Å²) in [4.78, 5) is 24.8. The van der Waals surface area contributed by atoms with Gasteiger partial charge in [-0.3, -0.25) is 0 Å². The first kappa shape index (κ1) is 59.1. The van der Waals surface area contributed by atoms with E-state index in [2.05, 4.69) is 125 Å². The molecule has 0 heterocycles. The van der Waals surface area contributed by atoms with E-state index in [1.54, 1.807) is 6.92 Å². The summed E-state index contributed by atoms with van der Waals surface area (Å²) < 4.78 is 26.6. The summed E-state index contributed by atoms with van der Waals surface area (Å²) in [5, 5.41) is 51.1. The first-order chi connectivity index (χ1) is 18.1. The van der Waals surface area contributed by atoms with Gasteiger partial charge in [-0.2, -0.15) is 0 Å². The summed E-state index contributed by atoms with van der Waals surface area (Å²) in [5.74, 6) is 0. The monoisotopic (exact) mass is 821 g/mol. The second-order valence-electron chi connectivity index (χ2n) is 15.2. The average Bonchev–Trinajstić information content (AvgIpc) is 2.61. The third-order valence-corrected chi connectivity index (χ3v) is 17.0. The Bertz CT molecular complexity index is 739. The van der Waals surface area contributed by atoms with Crippen LogP contribution in [0.2, 0.25) is 0 Å². The summed E-state index contributed by atoms with van der Waals surface area (Å²) >= 11 is 0. The molecule has 44 heavy (non-hydrogen) atoms. The predicted molar refractivity (Wildman–Crippen MR) is 178 cm³/mol. The number of rotatable bonds is 0. The Labute approximate surface area is 306 Å². The molecular weight excluding hydrogens is 760 g/mol. The summed E-state index contributed by atoms with van der Waals surface area (Å²) in [6, 6.07) is 0. The van der Waals surface area contributed by atoms with Gasteiger partial charge in [0.1, 0.15) is 14.3 Å². The van der Waals surface area contributed by atoms with Gasteiger partial charge in [0.2, 0.25) is 0 Å².